The first-order chi connectivity index (χ1) is 8.70. The second kappa shape index (κ2) is 5.87. The molecule has 0 radical (unpaired) electrons. The normalized spacial score (nSPS) is 18.7. The average Bonchev–Trinajstić information content (AvgIpc) is 2.90. The van der Waals surface area contributed by atoms with Crippen molar-refractivity contribution in [2.75, 3.05) is 13.7 Å². The molecule has 1 aromatic carbocycles. The summed E-state index contributed by atoms with van der Waals surface area (Å²) in [6.45, 7) is 3.18. The van der Waals surface area contributed by atoms with Gasteiger partial charge in [0.25, 0.3) is 0 Å². The van der Waals surface area contributed by atoms with Gasteiger partial charge >= 0.3 is 0 Å². The van der Waals surface area contributed by atoms with Crippen LogP contribution in [0.3, 0.4) is 0 Å². The third kappa shape index (κ3) is 3.01. The maximum absolute atomic E-state index is 11.8. The van der Waals surface area contributed by atoms with Gasteiger partial charge in [-0.05, 0) is 25.8 Å². The molecule has 1 aliphatic heterocycles. The van der Waals surface area contributed by atoms with Crippen LogP contribution >= 0.6 is 0 Å². The summed E-state index contributed by atoms with van der Waals surface area (Å²) >= 11 is 0. The number of methoxy groups -OCH3 is 1. The van der Waals surface area contributed by atoms with Crippen molar-refractivity contribution in [3.8, 4) is 5.75 Å². The van der Waals surface area contributed by atoms with Crippen LogP contribution in [0, 0.1) is 6.92 Å². The van der Waals surface area contributed by atoms with Crippen LogP contribution in [0.4, 0.5) is 0 Å². The van der Waals surface area contributed by atoms with Crippen molar-refractivity contribution < 1.29 is 14.3 Å². The maximum atomic E-state index is 11.8. The van der Waals surface area contributed by atoms with E-state index in [-0.39, 0.29) is 12.0 Å². The van der Waals surface area contributed by atoms with Crippen molar-refractivity contribution in [1.82, 2.24) is 5.32 Å². The summed E-state index contributed by atoms with van der Waals surface area (Å²) in [7, 11) is 1.63. The molecule has 1 saturated heterocycles. The quantitative estimate of drug-likeness (QED) is 0.885. The Morgan fingerprint density at radius 3 is 3.06 bits per heavy atom. The highest BCUT2D eigenvalue weighted by Crippen LogP contribution is 2.19. The molecule has 2 rings (SSSR count). The Morgan fingerprint density at radius 2 is 2.39 bits per heavy atom. The van der Waals surface area contributed by atoms with Crippen molar-refractivity contribution in [2.24, 2.45) is 0 Å². The lowest BCUT2D eigenvalue weighted by Gasteiger charge is -2.13. The molecule has 1 fully saturated rings. The predicted molar refractivity (Wildman–Crippen MR) is 68.6 cm³/mol. The van der Waals surface area contributed by atoms with Gasteiger partial charge in [-0.3, -0.25) is 4.79 Å². The smallest absolute Gasteiger partial charge is 0.249 e. The first-order valence-electron chi connectivity index (χ1n) is 6.23. The van der Waals surface area contributed by atoms with Crippen LogP contribution in [-0.2, 0) is 16.1 Å². The van der Waals surface area contributed by atoms with Crippen molar-refractivity contribution in [1.29, 1.82) is 0 Å². The molecule has 0 aliphatic carbocycles. The summed E-state index contributed by atoms with van der Waals surface area (Å²) < 4.78 is 10.6. The number of carbonyl (C=O) groups is 1. The van der Waals surface area contributed by atoms with Gasteiger partial charge in [0, 0.05) is 18.7 Å². The molecule has 0 saturated carbocycles. The van der Waals surface area contributed by atoms with Gasteiger partial charge in [-0.25, -0.2) is 0 Å². The van der Waals surface area contributed by atoms with Crippen LogP contribution in [0.1, 0.15) is 24.0 Å². The number of aryl methyl sites for hydroxylation is 1. The number of benzene rings is 1. The van der Waals surface area contributed by atoms with E-state index < -0.39 is 0 Å². The van der Waals surface area contributed by atoms with E-state index in [4.69, 9.17) is 9.47 Å². The number of hydrogen-bond donors (Lipinski definition) is 1. The van der Waals surface area contributed by atoms with Crippen molar-refractivity contribution >= 4 is 5.91 Å². The molecule has 1 unspecified atom stereocenters. The monoisotopic (exact) mass is 249 g/mol. The molecule has 0 bridgehead atoms. The van der Waals surface area contributed by atoms with E-state index in [0.29, 0.717) is 13.2 Å². The topological polar surface area (TPSA) is 47.6 Å². The van der Waals surface area contributed by atoms with Gasteiger partial charge in [0.15, 0.2) is 0 Å². The lowest BCUT2D eigenvalue weighted by molar-refractivity contribution is -0.130. The predicted octanol–water partition coefficient (Wildman–Crippen LogP) is 1.80. The van der Waals surface area contributed by atoms with Gasteiger partial charge in [-0.2, -0.15) is 0 Å². The number of nitrogens with one attached hydrogen (secondary N) is 1. The fourth-order valence-electron chi connectivity index (χ4n) is 2.13. The van der Waals surface area contributed by atoms with E-state index >= 15 is 0 Å². The highest BCUT2D eigenvalue weighted by Gasteiger charge is 2.23. The first-order valence-corrected chi connectivity index (χ1v) is 6.23. The van der Waals surface area contributed by atoms with Crippen LogP contribution in [0.5, 0.6) is 5.75 Å². The zero-order valence-corrected chi connectivity index (χ0v) is 10.9. The molecule has 0 spiro atoms. The standard InChI is InChI=1S/C14H19NO3/c1-10-5-6-12(17-2)11(8-10)9-15-14(16)13-4-3-7-18-13/h5-6,8,13H,3-4,7,9H2,1-2H3,(H,15,16). The van der Waals surface area contributed by atoms with Crippen molar-refractivity contribution in [3.05, 3.63) is 29.3 Å². The van der Waals surface area contributed by atoms with Crippen LogP contribution in [0.15, 0.2) is 18.2 Å². The first kappa shape index (κ1) is 12.9. The van der Waals surface area contributed by atoms with Crippen molar-refractivity contribution in [3.63, 3.8) is 0 Å². The van der Waals surface area contributed by atoms with Gasteiger partial charge in [0.2, 0.25) is 5.91 Å². The highest BCUT2D eigenvalue weighted by atomic mass is 16.5. The molecule has 1 N–H and O–H groups in total. The molecule has 98 valence electrons. The van der Waals surface area contributed by atoms with Gasteiger partial charge in [-0.15, -0.1) is 0 Å². The molecule has 0 aromatic heterocycles. The molecule has 1 aromatic rings. The van der Waals surface area contributed by atoms with Crippen molar-refractivity contribution in [2.45, 2.75) is 32.4 Å². The molecule has 4 nitrogen and oxygen atoms in total. The summed E-state index contributed by atoms with van der Waals surface area (Å²) in [4.78, 5) is 11.8. The van der Waals surface area contributed by atoms with Crippen LogP contribution < -0.4 is 10.1 Å². The zero-order chi connectivity index (χ0) is 13.0. The fraction of sp³-hybridized carbons (Fsp3) is 0.500. The Balaban J connectivity index is 1.96. The van der Waals surface area contributed by atoms with E-state index in [1.807, 2.05) is 25.1 Å². The summed E-state index contributed by atoms with van der Waals surface area (Å²) in [6.07, 6.45) is 1.50. The Labute approximate surface area is 107 Å². The number of hydrogen-bond acceptors (Lipinski definition) is 3. The summed E-state index contributed by atoms with van der Waals surface area (Å²) in [5.41, 5.74) is 2.14. The molecular weight excluding hydrogens is 230 g/mol. The summed E-state index contributed by atoms with van der Waals surface area (Å²) in [6, 6.07) is 5.93. The molecule has 18 heavy (non-hydrogen) atoms. The van der Waals surface area contributed by atoms with E-state index in [9.17, 15) is 4.79 Å². The second-order valence-electron chi connectivity index (χ2n) is 4.53. The number of amides is 1. The zero-order valence-electron chi connectivity index (χ0n) is 10.9. The van der Waals surface area contributed by atoms with Crippen LogP contribution in [-0.4, -0.2) is 25.7 Å². The minimum atomic E-state index is -0.277. The molecular formula is C14H19NO3. The Bertz CT molecular complexity index is 425. The lowest BCUT2D eigenvalue weighted by Crippen LogP contribution is -2.33. The van der Waals surface area contributed by atoms with Gasteiger partial charge in [-0.1, -0.05) is 17.7 Å². The highest BCUT2D eigenvalue weighted by molar-refractivity contribution is 5.81. The summed E-state index contributed by atoms with van der Waals surface area (Å²) in [5, 5.41) is 2.90. The minimum Gasteiger partial charge on any atom is -0.496 e. The lowest BCUT2D eigenvalue weighted by atomic mass is 10.1. The maximum Gasteiger partial charge on any atom is 0.249 e. The Morgan fingerprint density at radius 1 is 1.56 bits per heavy atom. The average molecular weight is 249 g/mol. The van der Waals surface area contributed by atoms with Crippen LogP contribution in [0.25, 0.3) is 0 Å². The second-order valence-corrected chi connectivity index (χ2v) is 4.53. The Kier molecular flexibility index (Phi) is 4.20. The van der Waals surface area contributed by atoms with Crippen LogP contribution in [0.2, 0.25) is 0 Å². The van der Waals surface area contributed by atoms with Gasteiger partial charge in [0.05, 0.1) is 7.11 Å². The molecule has 1 aliphatic rings. The molecule has 1 atom stereocenters. The SMILES string of the molecule is COc1ccc(C)cc1CNC(=O)C1CCCO1. The van der Waals surface area contributed by atoms with E-state index in [1.54, 1.807) is 7.11 Å². The van der Waals surface area contributed by atoms with E-state index in [0.717, 1.165) is 29.7 Å². The van der Waals surface area contributed by atoms with Gasteiger partial charge < -0.3 is 14.8 Å². The number of rotatable bonds is 4. The van der Waals surface area contributed by atoms with E-state index in [2.05, 4.69) is 5.32 Å². The largest absolute Gasteiger partial charge is 0.496 e. The number of ether oxygens (including phenoxy) is 2. The fourth-order valence-corrected chi connectivity index (χ4v) is 2.13. The molecule has 1 amide bonds. The molecule has 1 heterocycles. The molecule has 4 heteroatoms. The third-order valence-electron chi connectivity index (χ3n) is 3.11. The Hall–Kier alpha value is -1.55. The van der Waals surface area contributed by atoms with E-state index in [1.165, 1.54) is 0 Å². The third-order valence-corrected chi connectivity index (χ3v) is 3.11. The summed E-state index contributed by atoms with van der Waals surface area (Å²) in [5.74, 6) is 0.768. The minimum absolute atomic E-state index is 0.0314. The van der Waals surface area contributed by atoms with Gasteiger partial charge in [0.1, 0.15) is 11.9 Å². The number of carbonyl (C=O) groups excluding carboxylic acids is 1.